The highest BCUT2D eigenvalue weighted by molar-refractivity contribution is 5.82. The van der Waals surface area contributed by atoms with Gasteiger partial charge in [-0.2, -0.15) is 0 Å². The number of ketones is 1. The first-order valence-electron chi connectivity index (χ1n) is 12.4. The van der Waals surface area contributed by atoms with Gasteiger partial charge in [-0.15, -0.1) is 0 Å². The van der Waals surface area contributed by atoms with Gasteiger partial charge in [0.25, 0.3) is 0 Å². The third kappa shape index (κ3) is 3.22. The largest absolute Gasteiger partial charge is 0.393 e. The summed E-state index contributed by atoms with van der Waals surface area (Å²) in [5.74, 6) is 2.96. The molecule has 2 heteroatoms. The Kier molecular flexibility index (Phi) is 5.21. The zero-order chi connectivity index (χ0) is 20.9. The summed E-state index contributed by atoms with van der Waals surface area (Å²) in [4.78, 5) is 13.3. The van der Waals surface area contributed by atoms with Gasteiger partial charge < -0.3 is 5.11 Å². The number of Topliss-reactive ketones (excluding diaryl/α,β-unsaturated/α-hetero) is 1. The van der Waals surface area contributed by atoms with Gasteiger partial charge in [0, 0.05) is 12.3 Å². The van der Waals surface area contributed by atoms with Gasteiger partial charge in [-0.25, -0.2) is 0 Å². The molecule has 5 rings (SSSR count). The summed E-state index contributed by atoms with van der Waals surface area (Å²) >= 11 is 0. The maximum Gasteiger partial charge on any atom is 0.136 e. The highest BCUT2D eigenvalue weighted by Gasteiger charge is 2.59. The first-order valence-corrected chi connectivity index (χ1v) is 12.4. The number of carbonyl (C=O) groups excluding carboxylic acids is 1. The van der Waals surface area contributed by atoms with Crippen molar-refractivity contribution in [3.8, 4) is 0 Å². The Labute approximate surface area is 182 Å². The van der Waals surface area contributed by atoms with Crippen molar-refractivity contribution < 1.29 is 9.90 Å². The SMILES string of the molecule is C[C@]12CC[C@H](O)CC1=CC[C@@H]1[C@@H]2CC[C@]2(C)C(C(=O)CCc3ccccc3)CC[C@@H]12. The van der Waals surface area contributed by atoms with Crippen LogP contribution < -0.4 is 0 Å². The van der Waals surface area contributed by atoms with Crippen LogP contribution in [0.25, 0.3) is 0 Å². The van der Waals surface area contributed by atoms with Crippen LogP contribution in [0, 0.1) is 34.5 Å². The Morgan fingerprint density at radius 2 is 1.83 bits per heavy atom. The lowest BCUT2D eigenvalue weighted by atomic mass is 9.47. The van der Waals surface area contributed by atoms with Crippen molar-refractivity contribution in [1.82, 2.24) is 0 Å². The Bertz CT molecular complexity index is 826. The second kappa shape index (κ2) is 7.62. The standard InChI is InChI=1S/C28H38O2/c1-27-16-14-21(29)18-20(27)9-10-22-23-11-12-25(28(23,2)17-15-24(22)27)26(30)13-8-19-6-4-3-5-7-19/h3-7,9,21-25,29H,8,10-18H2,1-2H3/t21-,22-,23-,24-,25?,27-,28-/m0/s1. The molecule has 7 atom stereocenters. The topological polar surface area (TPSA) is 37.3 Å². The average Bonchev–Trinajstić information content (AvgIpc) is 3.10. The van der Waals surface area contributed by atoms with Gasteiger partial charge in [0.2, 0.25) is 0 Å². The Hall–Kier alpha value is -1.41. The molecule has 0 radical (unpaired) electrons. The molecule has 4 aliphatic rings. The van der Waals surface area contributed by atoms with Crippen LogP contribution >= 0.6 is 0 Å². The molecule has 0 amide bonds. The van der Waals surface area contributed by atoms with Crippen LogP contribution in [-0.4, -0.2) is 17.0 Å². The molecule has 0 aromatic heterocycles. The van der Waals surface area contributed by atoms with Gasteiger partial charge in [-0.05, 0) is 91.9 Å². The van der Waals surface area contributed by atoms with E-state index >= 15 is 0 Å². The minimum Gasteiger partial charge on any atom is -0.393 e. The molecule has 1 N–H and O–H groups in total. The van der Waals surface area contributed by atoms with E-state index in [0.29, 0.717) is 23.5 Å². The first kappa shape index (κ1) is 20.5. The summed E-state index contributed by atoms with van der Waals surface area (Å²) in [6.45, 7) is 4.94. The molecule has 30 heavy (non-hydrogen) atoms. The minimum absolute atomic E-state index is 0.132. The minimum atomic E-state index is -0.132. The number of allylic oxidation sites excluding steroid dienone is 1. The zero-order valence-corrected chi connectivity index (χ0v) is 18.8. The van der Waals surface area contributed by atoms with Gasteiger partial charge in [0.1, 0.15) is 5.78 Å². The van der Waals surface area contributed by atoms with E-state index in [-0.39, 0.29) is 17.4 Å². The molecule has 162 valence electrons. The molecule has 2 nitrogen and oxygen atoms in total. The van der Waals surface area contributed by atoms with Gasteiger partial charge in [-0.1, -0.05) is 55.8 Å². The molecule has 0 heterocycles. The van der Waals surface area contributed by atoms with E-state index in [1.165, 1.54) is 31.2 Å². The summed E-state index contributed by atoms with van der Waals surface area (Å²) in [6, 6.07) is 10.5. The second-order valence-electron chi connectivity index (χ2n) is 11.3. The van der Waals surface area contributed by atoms with Gasteiger partial charge >= 0.3 is 0 Å². The summed E-state index contributed by atoms with van der Waals surface area (Å²) in [5.41, 5.74) is 3.31. The molecule has 1 unspecified atom stereocenters. The number of benzene rings is 1. The third-order valence-electron chi connectivity index (χ3n) is 9.97. The van der Waals surface area contributed by atoms with Crippen LogP contribution in [0.1, 0.15) is 77.2 Å². The molecule has 0 aliphatic heterocycles. The van der Waals surface area contributed by atoms with E-state index in [0.717, 1.165) is 43.9 Å². The van der Waals surface area contributed by atoms with Crippen LogP contribution in [0.5, 0.6) is 0 Å². The van der Waals surface area contributed by atoms with E-state index in [1.807, 2.05) is 6.07 Å². The third-order valence-corrected chi connectivity index (χ3v) is 9.97. The number of hydrogen-bond donors (Lipinski definition) is 1. The normalized spacial score (nSPS) is 42.6. The smallest absolute Gasteiger partial charge is 0.136 e. The second-order valence-corrected chi connectivity index (χ2v) is 11.3. The lowest BCUT2D eigenvalue weighted by Crippen LogP contribution is -2.51. The Balaban J connectivity index is 1.32. The van der Waals surface area contributed by atoms with Crippen molar-refractivity contribution in [3.63, 3.8) is 0 Å². The molecule has 3 saturated carbocycles. The maximum absolute atomic E-state index is 13.3. The molecule has 4 aliphatic carbocycles. The highest BCUT2D eigenvalue weighted by Crippen LogP contribution is 2.66. The summed E-state index contributed by atoms with van der Waals surface area (Å²) < 4.78 is 0. The number of hydrogen-bond acceptors (Lipinski definition) is 2. The number of fused-ring (bicyclic) bond motifs is 5. The van der Waals surface area contributed by atoms with Crippen molar-refractivity contribution in [1.29, 1.82) is 0 Å². The fourth-order valence-electron chi connectivity index (χ4n) is 8.26. The van der Waals surface area contributed by atoms with Crippen molar-refractivity contribution in [2.45, 2.75) is 84.2 Å². The van der Waals surface area contributed by atoms with Gasteiger partial charge in [-0.3, -0.25) is 4.79 Å². The van der Waals surface area contributed by atoms with Crippen molar-refractivity contribution in [3.05, 3.63) is 47.5 Å². The molecular weight excluding hydrogens is 368 g/mol. The number of aliphatic hydroxyl groups excluding tert-OH is 1. The number of rotatable bonds is 4. The summed E-state index contributed by atoms with van der Waals surface area (Å²) in [6.07, 6.45) is 12.9. The lowest BCUT2D eigenvalue weighted by molar-refractivity contribution is -0.129. The fourth-order valence-corrected chi connectivity index (χ4v) is 8.26. The average molecular weight is 407 g/mol. The number of aryl methyl sites for hydroxylation is 1. The van der Waals surface area contributed by atoms with Crippen LogP contribution in [-0.2, 0) is 11.2 Å². The van der Waals surface area contributed by atoms with Crippen molar-refractivity contribution in [2.75, 3.05) is 0 Å². The predicted octanol–water partition coefficient (Wildman–Crippen LogP) is 6.13. The van der Waals surface area contributed by atoms with Crippen LogP contribution in [0.15, 0.2) is 42.0 Å². The number of aliphatic hydroxyl groups is 1. The first-order chi connectivity index (χ1) is 14.4. The van der Waals surface area contributed by atoms with Crippen molar-refractivity contribution >= 4 is 5.78 Å². The van der Waals surface area contributed by atoms with E-state index in [2.05, 4.69) is 44.2 Å². The molecular formula is C28H38O2. The zero-order valence-electron chi connectivity index (χ0n) is 18.8. The number of carbonyl (C=O) groups is 1. The fraction of sp³-hybridized carbons (Fsp3) is 0.679. The summed E-state index contributed by atoms with van der Waals surface area (Å²) in [5, 5.41) is 10.2. The molecule has 1 aromatic carbocycles. The van der Waals surface area contributed by atoms with E-state index in [1.54, 1.807) is 5.57 Å². The highest BCUT2D eigenvalue weighted by atomic mass is 16.3. The van der Waals surface area contributed by atoms with E-state index in [4.69, 9.17) is 0 Å². The molecule has 3 fully saturated rings. The van der Waals surface area contributed by atoms with Crippen LogP contribution in [0.2, 0.25) is 0 Å². The molecule has 0 saturated heterocycles. The quantitative estimate of drug-likeness (QED) is 0.611. The Morgan fingerprint density at radius 3 is 2.63 bits per heavy atom. The van der Waals surface area contributed by atoms with Crippen molar-refractivity contribution in [2.24, 2.45) is 34.5 Å². The summed E-state index contributed by atoms with van der Waals surface area (Å²) in [7, 11) is 0. The maximum atomic E-state index is 13.3. The molecule has 0 bridgehead atoms. The monoisotopic (exact) mass is 406 g/mol. The van der Waals surface area contributed by atoms with Crippen LogP contribution in [0.3, 0.4) is 0 Å². The van der Waals surface area contributed by atoms with Gasteiger partial charge in [0.15, 0.2) is 0 Å². The van der Waals surface area contributed by atoms with E-state index < -0.39 is 0 Å². The molecule has 0 spiro atoms. The lowest BCUT2D eigenvalue weighted by Gasteiger charge is -2.58. The molecule has 1 aromatic rings. The Morgan fingerprint density at radius 1 is 1.03 bits per heavy atom. The predicted molar refractivity (Wildman–Crippen MR) is 121 cm³/mol. The van der Waals surface area contributed by atoms with Gasteiger partial charge in [0.05, 0.1) is 6.10 Å². The van der Waals surface area contributed by atoms with Crippen LogP contribution in [0.4, 0.5) is 0 Å². The van der Waals surface area contributed by atoms with E-state index in [9.17, 15) is 9.90 Å².